The molecule has 1 heterocycles. The van der Waals surface area contributed by atoms with Crippen molar-refractivity contribution >= 4 is 0 Å². The summed E-state index contributed by atoms with van der Waals surface area (Å²) in [5.74, 6) is 1.06. The lowest BCUT2D eigenvalue weighted by Crippen LogP contribution is -1.98. The largest absolute Gasteiger partial charge is 0.493 e. The van der Waals surface area contributed by atoms with Crippen LogP contribution < -0.4 is 10.2 Å². The summed E-state index contributed by atoms with van der Waals surface area (Å²) in [6.45, 7) is 0. The minimum Gasteiger partial charge on any atom is -0.493 e. The van der Waals surface area contributed by atoms with E-state index in [0.29, 0.717) is 5.75 Å². The van der Waals surface area contributed by atoms with Crippen LogP contribution >= 0.6 is 0 Å². The number of ether oxygens (including phenoxy) is 1. The molecule has 0 N–H and O–H groups in total. The highest BCUT2D eigenvalue weighted by Gasteiger charge is 2.00. The van der Waals surface area contributed by atoms with Gasteiger partial charge in [-0.25, -0.2) is 0 Å². The first-order valence-electron chi connectivity index (χ1n) is 4.53. The first-order valence-corrected chi connectivity index (χ1v) is 4.53. The second kappa shape index (κ2) is 4.00. The first kappa shape index (κ1) is 9.52. The standard InChI is InChI=1S/C12H10O3/c1-14-12-7-5-9(4-6-10(12)13)11-3-2-8-15-11/h2-8H,1H3. The third-order valence-electron chi connectivity index (χ3n) is 2.10. The predicted molar refractivity (Wildman–Crippen MR) is 57.0 cm³/mol. The van der Waals surface area contributed by atoms with Gasteiger partial charge in [0.1, 0.15) is 5.76 Å². The first-order chi connectivity index (χ1) is 7.31. The minimum atomic E-state index is -0.143. The number of hydrogen-bond acceptors (Lipinski definition) is 3. The molecule has 3 heteroatoms. The molecular weight excluding hydrogens is 192 g/mol. The van der Waals surface area contributed by atoms with E-state index in [1.165, 1.54) is 13.2 Å². The van der Waals surface area contributed by atoms with Gasteiger partial charge in [0.25, 0.3) is 0 Å². The third kappa shape index (κ3) is 1.91. The Morgan fingerprint density at radius 3 is 2.60 bits per heavy atom. The monoisotopic (exact) mass is 202 g/mol. The predicted octanol–water partition coefficient (Wildman–Crippen LogP) is 2.32. The van der Waals surface area contributed by atoms with Crippen LogP contribution in [0.2, 0.25) is 0 Å². The van der Waals surface area contributed by atoms with E-state index >= 15 is 0 Å². The Balaban J connectivity index is 2.54. The second-order valence-corrected chi connectivity index (χ2v) is 3.03. The molecule has 0 bridgehead atoms. The Morgan fingerprint density at radius 2 is 1.93 bits per heavy atom. The average molecular weight is 202 g/mol. The van der Waals surface area contributed by atoms with Crippen LogP contribution in [-0.4, -0.2) is 7.11 Å². The smallest absolute Gasteiger partial charge is 0.220 e. The van der Waals surface area contributed by atoms with Gasteiger partial charge in [-0.15, -0.1) is 0 Å². The van der Waals surface area contributed by atoms with Gasteiger partial charge < -0.3 is 9.15 Å². The number of rotatable bonds is 2. The fourth-order valence-corrected chi connectivity index (χ4v) is 1.33. The SMILES string of the molecule is COc1ccc(-c2ccco2)ccc1=O. The molecule has 0 atom stereocenters. The molecule has 1 aromatic heterocycles. The maximum atomic E-state index is 11.4. The molecule has 3 nitrogen and oxygen atoms in total. The van der Waals surface area contributed by atoms with Gasteiger partial charge in [0.2, 0.25) is 5.43 Å². The molecule has 2 rings (SSSR count). The molecule has 0 aliphatic rings. The highest BCUT2D eigenvalue weighted by atomic mass is 16.5. The lowest BCUT2D eigenvalue weighted by Gasteiger charge is -1.91. The summed E-state index contributed by atoms with van der Waals surface area (Å²) in [6, 6.07) is 10.3. The molecule has 0 saturated carbocycles. The molecule has 0 radical (unpaired) electrons. The van der Waals surface area contributed by atoms with Crippen molar-refractivity contribution in [3.63, 3.8) is 0 Å². The number of methoxy groups -OCH3 is 1. The fourth-order valence-electron chi connectivity index (χ4n) is 1.33. The van der Waals surface area contributed by atoms with Gasteiger partial charge in [-0.2, -0.15) is 0 Å². The lowest BCUT2D eigenvalue weighted by molar-refractivity contribution is 0.411. The Kier molecular flexibility index (Phi) is 2.54. The fraction of sp³-hybridized carbons (Fsp3) is 0.0833. The molecule has 0 fully saturated rings. The zero-order valence-electron chi connectivity index (χ0n) is 8.27. The van der Waals surface area contributed by atoms with Crippen molar-refractivity contribution in [2.75, 3.05) is 7.11 Å². The van der Waals surface area contributed by atoms with Crippen molar-refractivity contribution in [1.82, 2.24) is 0 Å². The lowest BCUT2D eigenvalue weighted by atomic mass is 10.2. The highest BCUT2D eigenvalue weighted by Crippen LogP contribution is 2.18. The van der Waals surface area contributed by atoms with Gasteiger partial charge in [-0.1, -0.05) is 0 Å². The van der Waals surface area contributed by atoms with E-state index in [1.807, 2.05) is 6.07 Å². The van der Waals surface area contributed by atoms with E-state index in [9.17, 15) is 4.79 Å². The maximum Gasteiger partial charge on any atom is 0.220 e. The average Bonchev–Trinajstić information content (AvgIpc) is 2.70. The second-order valence-electron chi connectivity index (χ2n) is 3.03. The van der Waals surface area contributed by atoms with Gasteiger partial charge in [-0.3, -0.25) is 4.79 Å². The maximum absolute atomic E-state index is 11.4. The Bertz CT molecular complexity index is 501. The Morgan fingerprint density at radius 1 is 1.13 bits per heavy atom. The molecule has 0 amide bonds. The van der Waals surface area contributed by atoms with Crippen molar-refractivity contribution < 1.29 is 9.15 Å². The van der Waals surface area contributed by atoms with Crippen LogP contribution in [0.15, 0.2) is 51.9 Å². The van der Waals surface area contributed by atoms with Crippen LogP contribution in [-0.2, 0) is 0 Å². The summed E-state index contributed by atoms with van der Waals surface area (Å²) in [5, 5.41) is 0. The molecule has 0 unspecified atom stereocenters. The van der Waals surface area contributed by atoms with E-state index < -0.39 is 0 Å². The molecular formula is C12H10O3. The van der Waals surface area contributed by atoms with Gasteiger partial charge in [0, 0.05) is 5.56 Å². The van der Waals surface area contributed by atoms with Crippen LogP contribution in [0.1, 0.15) is 0 Å². The topological polar surface area (TPSA) is 39.4 Å². The molecule has 0 aliphatic heterocycles. The molecule has 15 heavy (non-hydrogen) atoms. The summed E-state index contributed by atoms with van der Waals surface area (Å²) < 4.78 is 10.2. The van der Waals surface area contributed by atoms with Gasteiger partial charge in [0.15, 0.2) is 5.75 Å². The van der Waals surface area contributed by atoms with Gasteiger partial charge in [-0.05, 0) is 36.4 Å². The summed E-state index contributed by atoms with van der Waals surface area (Å²) in [4.78, 5) is 11.4. The van der Waals surface area contributed by atoms with Crippen molar-refractivity contribution in [2.24, 2.45) is 0 Å². The normalized spacial score (nSPS) is 9.93. The Labute approximate surface area is 86.9 Å². The van der Waals surface area contributed by atoms with Crippen molar-refractivity contribution in [3.05, 3.63) is 52.9 Å². The summed E-state index contributed by atoms with van der Waals surface area (Å²) in [6.07, 6.45) is 1.59. The third-order valence-corrected chi connectivity index (χ3v) is 2.10. The van der Waals surface area contributed by atoms with Crippen molar-refractivity contribution in [2.45, 2.75) is 0 Å². The molecule has 76 valence electrons. The highest BCUT2D eigenvalue weighted by molar-refractivity contribution is 5.56. The van der Waals surface area contributed by atoms with Crippen LogP contribution in [0, 0.1) is 0 Å². The molecule has 0 saturated heterocycles. The Hall–Kier alpha value is -2.03. The summed E-state index contributed by atoms with van der Waals surface area (Å²) in [5.41, 5.74) is 0.704. The van der Waals surface area contributed by atoms with Crippen molar-refractivity contribution in [1.29, 1.82) is 0 Å². The van der Waals surface area contributed by atoms with E-state index in [1.54, 1.807) is 30.5 Å². The van der Waals surface area contributed by atoms with E-state index in [2.05, 4.69) is 0 Å². The molecule has 0 spiro atoms. The molecule has 0 aliphatic carbocycles. The summed E-state index contributed by atoms with van der Waals surface area (Å²) in [7, 11) is 1.48. The summed E-state index contributed by atoms with van der Waals surface area (Å²) >= 11 is 0. The zero-order valence-corrected chi connectivity index (χ0v) is 8.27. The minimum absolute atomic E-state index is 0.143. The van der Waals surface area contributed by atoms with E-state index in [4.69, 9.17) is 9.15 Å². The number of furan rings is 1. The van der Waals surface area contributed by atoms with Crippen LogP contribution in [0.25, 0.3) is 11.3 Å². The number of hydrogen-bond donors (Lipinski definition) is 0. The van der Waals surface area contributed by atoms with E-state index in [-0.39, 0.29) is 5.43 Å². The van der Waals surface area contributed by atoms with Gasteiger partial charge >= 0.3 is 0 Å². The van der Waals surface area contributed by atoms with Crippen molar-refractivity contribution in [3.8, 4) is 17.1 Å². The van der Waals surface area contributed by atoms with Crippen LogP contribution in [0.3, 0.4) is 0 Å². The van der Waals surface area contributed by atoms with Crippen LogP contribution in [0.5, 0.6) is 5.75 Å². The zero-order chi connectivity index (χ0) is 10.7. The van der Waals surface area contributed by atoms with Gasteiger partial charge in [0.05, 0.1) is 13.4 Å². The van der Waals surface area contributed by atoms with Crippen LogP contribution in [0.4, 0.5) is 0 Å². The van der Waals surface area contributed by atoms with E-state index in [0.717, 1.165) is 11.3 Å². The molecule has 1 aromatic carbocycles. The molecule has 2 aromatic rings. The quantitative estimate of drug-likeness (QED) is 0.750.